The summed E-state index contributed by atoms with van der Waals surface area (Å²) >= 11 is 3.37. The maximum atomic E-state index is 12.4. The quantitative estimate of drug-likeness (QED) is 0.902. The molecule has 0 saturated heterocycles. The molecule has 0 radical (unpaired) electrons. The van der Waals surface area contributed by atoms with Crippen LogP contribution in [0.1, 0.15) is 6.92 Å². The van der Waals surface area contributed by atoms with Crippen molar-refractivity contribution in [1.29, 1.82) is 0 Å². The fourth-order valence-corrected chi connectivity index (χ4v) is 2.59. The minimum Gasteiger partial charge on any atom is -0.482 e. The van der Waals surface area contributed by atoms with Crippen LogP contribution in [0, 0.1) is 0 Å². The lowest BCUT2D eigenvalue weighted by molar-refractivity contribution is -0.128. The third kappa shape index (κ3) is 3.03. The second-order valence-electron chi connectivity index (χ2n) is 4.81. The first-order chi connectivity index (χ1) is 10.1. The van der Waals surface area contributed by atoms with Crippen LogP contribution in [0.5, 0.6) is 11.5 Å². The van der Waals surface area contributed by atoms with E-state index in [2.05, 4.69) is 21.2 Å². The molecule has 2 aromatic carbocycles. The number of anilines is 1. The standard InChI is InChI=1S/C16H14BrNO3/c1-10-15(21-14-8-3-2-7-13(14)20-10)16(19)18-12-6-4-5-11(17)9-12/h2-10,15H,1H3,(H,18,19). The predicted molar refractivity (Wildman–Crippen MR) is 83.7 cm³/mol. The molecule has 21 heavy (non-hydrogen) atoms. The number of ether oxygens (including phenoxy) is 2. The Morgan fingerprint density at radius 1 is 1.10 bits per heavy atom. The molecule has 3 rings (SSSR count). The number of carbonyl (C=O) groups is 1. The van der Waals surface area contributed by atoms with Gasteiger partial charge in [0.05, 0.1) is 0 Å². The first-order valence-corrected chi connectivity index (χ1v) is 7.41. The molecule has 0 saturated carbocycles. The molecule has 2 unspecified atom stereocenters. The molecule has 1 amide bonds. The van der Waals surface area contributed by atoms with Gasteiger partial charge in [-0.1, -0.05) is 34.1 Å². The number of fused-ring (bicyclic) bond motifs is 1. The molecule has 0 fully saturated rings. The van der Waals surface area contributed by atoms with Gasteiger partial charge in [0.25, 0.3) is 5.91 Å². The number of para-hydroxylation sites is 2. The maximum absolute atomic E-state index is 12.4. The fourth-order valence-electron chi connectivity index (χ4n) is 2.19. The number of halogens is 1. The van der Waals surface area contributed by atoms with E-state index in [-0.39, 0.29) is 12.0 Å². The minimum atomic E-state index is -0.682. The summed E-state index contributed by atoms with van der Waals surface area (Å²) in [6.07, 6.45) is -1.04. The highest BCUT2D eigenvalue weighted by Crippen LogP contribution is 2.33. The zero-order valence-electron chi connectivity index (χ0n) is 11.4. The molecule has 0 bridgehead atoms. The number of nitrogens with one attached hydrogen (secondary N) is 1. The van der Waals surface area contributed by atoms with Crippen molar-refractivity contribution in [2.24, 2.45) is 0 Å². The summed E-state index contributed by atoms with van der Waals surface area (Å²) in [4.78, 5) is 12.4. The second-order valence-corrected chi connectivity index (χ2v) is 5.72. The largest absolute Gasteiger partial charge is 0.482 e. The van der Waals surface area contributed by atoms with Crippen molar-refractivity contribution >= 4 is 27.5 Å². The van der Waals surface area contributed by atoms with Crippen LogP contribution in [0.4, 0.5) is 5.69 Å². The Balaban J connectivity index is 1.76. The van der Waals surface area contributed by atoms with Crippen LogP contribution >= 0.6 is 15.9 Å². The normalized spacial score (nSPS) is 19.9. The Morgan fingerprint density at radius 3 is 2.52 bits per heavy atom. The number of hydrogen-bond donors (Lipinski definition) is 1. The van der Waals surface area contributed by atoms with Crippen molar-refractivity contribution in [1.82, 2.24) is 0 Å². The van der Waals surface area contributed by atoms with Gasteiger partial charge >= 0.3 is 0 Å². The number of amides is 1. The molecule has 2 atom stereocenters. The van der Waals surface area contributed by atoms with Crippen LogP contribution in [-0.4, -0.2) is 18.1 Å². The Hall–Kier alpha value is -2.01. The average molecular weight is 348 g/mol. The number of rotatable bonds is 2. The van der Waals surface area contributed by atoms with Gasteiger partial charge in [-0.15, -0.1) is 0 Å². The lowest BCUT2D eigenvalue weighted by Gasteiger charge is -2.31. The van der Waals surface area contributed by atoms with Gasteiger partial charge in [-0.3, -0.25) is 4.79 Å². The molecule has 1 N–H and O–H groups in total. The topological polar surface area (TPSA) is 47.6 Å². The van der Waals surface area contributed by atoms with E-state index < -0.39 is 6.10 Å². The molecule has 1 heterocycles. The Labute approximate surface area is 131 Å². The van der Waals surface area contributed by atoms with Crippen molar-refractivity contribution in [3.8, 4) is 11.5 Å². The van der Waals surface area contributed by atoms with E-state index in [1.807, 2.05) is 49.4 Å². The van der Waals surface area contributed by atoms with E-state index in [0.717, 1.165) is 4.47 Å². The van der Waals surface area contributed by atoms with Crippen LogP contribution < -0.4 is 14.8 Å². The van der Waals surface area contributed by atoms with Gasteiger partial charge < -0.3 is 14.8 Å². The molecule has 1 aliphatic heterocycles. The van der Waals surface area contributed by atoms with Gasteiger partial charge in [0.15, 0.2) is 11.5 Å². The van der Waals surface area contributed by atoms with Crippen molar-refractivity contribution in [3.63, 3.8) is 0 Å². The molecule has 0 aliphatic carbocycles. The van der Waals surface area contributed by atoms with Crippen molar-refractivity contribution in [3.05, 3.63) is 53.0 Å². The van der Waals surface area contributed by atoms with Crippen LogP contribution in [0.15, 0.2) is 53.0 Å². The van der Waals surface area contributed by atoms with E-state index in [1.165, 1.54) is 0 Å². The van der Waals surface area contributed by atoms with Gasteiger partial charge in [-0.05, 0) is 37.3 Å². The van der Waals surface area contributed by atoms with Gasteiger partial charge in [0.2, 0.25) is 6.10 Å². The molecule has 0 spiro atoms. The first kappa shape index (κ1) is 13.9. The van der Waals surface area contributed by atoms with Crippen LogP contribution in [0.2, 0.25) is 0 Å². The first-order valence-electron chi connectivity index (χ1n) is 6.62. The summed E-state index contributed by atoms with van der Waals surface area (Å²) in [6, 6.07) is 14.8. The second kappa shape index (κ2) is 5.77. The average Bonchev–Trinajstić information content (AvgIpc) is 2.46. The minimum absolute atomic E-state index is 0.227. The highest BCUT2D eigenvalue weighted by Gasteiger charge is 2.34. The molecular formula is C16H14BrNO3. The van der Waals surface area contributed by atoms with Gasteiger partial charge in [-0.2, -0.15) is 0 Å². The number of carbonyl (C=O) groups excluding carboxylic acids is 1. The smallest absolute Gasteiger partial charge is 0.269 e. The van der Waals surface area contributed by atoms with E-state index in [4.69, 9.17) is 9.47 Å². The summed E-state index contributed by atoms with van der Waals surface area (Å²) < 4.78 is 12.4. The highest BCUT2D eigenvalue weighted by molar-refractivity contribution is 9.10. The molecular weight excluding hydrogens is 334 g/mol. The lowest BCUT2D eigenvalue weighted by atomic mass is 10.1. The zero-order valence-corrected chi connectivity index (χ0v) is 13.0. The summed E-state index contributed by atoms with van der Waals surface area (Å²) in [6.45, 7) is 1.82. The Bertz CT molecular complexity index is 674. The summed E-state index contributed by atoms with van der Waals surface area (Å²) in [5, 5.41) is 2.84. The Kier molecular flexibility index (Phi) is 3.84. The maximum Gasteiger partial charge on any atom is 0.269 e. The Morgan fingerprint density at radius 2 is 1.81 bits per heavy atom. The molecule has 4 nitrogen and oxygen atoms in total. The SMILES string of the molecule is CC1Oc2ccccc2OC1C(=O)Nc1cccc(Br)c1. The van der Waals surface area contributed by atoms with Crippen molar-refractivity contribution in [2.45, 2.75) is 19.1 Å². The fraction of sp³-hybridized carbons (Fsp3) is 0.188. The van der Waals surface area contributed by atoms with E-state index in [1.54, 1.807) is 6.07 Å². The van der Waals surface area contributed by atoms with Crippen molar-refractivity contribution < 1.29 is 14.3 Å². The predicted octanol–water partition coefficient (Wildman–Crippen LogP) is 3.62. The van der Waals surface area contributed by atoms with E-state index >= 15 is 0 Å². The van der Waals surface area contributed by atoms with Gasteiger partial charge in [0.1, 0.15) is 6.10 Å². The number of hydrogen-bond acceptors (Lipinski definition) is 3. The molecule has 0 aromatic heterocycles. The van der Waals surface area contributed by atoms with Crippen LogP contribution in [-0.2, 0) is 4.79 Å². The zero-order chi connectivity index (χ0) is 14.8. The molecule has 1 aliphatic rings. The summed E-state index contributed by atoms with van der Waals surface area (Å²) in [5.74, 6) is 1.02. The highest BCUT2D eigenvalue weighted by atomic mass is 79.9. The van der Waals surface area contributed by atoms with Gasteiger partial charge in [-0.25, -0.2) is 0 Å². The van der Waals surface area contributed by atoms with E-state index in [0.29, 0.717) is 17.2 Å². The summed E-state index contributed by atoms with van der Waals surface area (Å²) in [7, 11) is 0. The summed E-state index contributed by atoms with van der Waals surface area (Å²) in [5.41, 5.74) is 0.712. The lowest BCUT2D eigenvalue weighted by Crippen LogP contribution is -2.46. The number of benzene rings is 2. The monoisotopic (exact) mass is 347 g/mol. The van der Waals surface area contributed by atoms with Crippen LogP contribution in [0.3, 0.4) is 0 Å². The molecule has 108 valence electrons. The van der Waals surface area contributed by atoms with E-state index in [9.17, 15) is 4.79 Å². The third-order valence-corrected chi connectivity index (χ3v) is 3.69. The van der Waals surface area contributed by atoms with Crippen LogP contribution in [0.25, 0.3) is 0 Å². The van der Waals surface area contributed by atoms with Crippen molar-refractivity contribution in [2.75, 3.05) is 5.32 Å². The molecule has 5 heteroatoms. The molecule has 2 aromatic rings. The van der Waals surface area contributed by atoms with Gasteiger partial charge in [0, 0.05) is 10.2 Å². The third-order valence-electron chi connectivity index (χ3n) is 3.19.